The molecule has 11 nitrogen and oxygen atoms in total. The maximum atomic E-state index is 12.4. The highest BCUT2D eigenvalue weighted by molar-refractivity contribution is 7.89. The smallest absolute Gasteiger partial charge is 0.341 e. The molecule has 0 unspecified atom stereocenters. The number of hydrogen-bond donors (Lipinski definition) is 5. The quantitative estimate of drug-likeness (QED) is 0.225. The molecule has 0 heterocycles. The van der Waals surface area contributed by atoms with E-state index in [1.54, 1.807) is 6.07 Å². The predicted octanol–water partition coefficient (Wildman–Crippen LogP) is 0.418. The molecule has 0 fully saturated rings. The number of rotatable bonds is 12. The van der Waals surface area contributed by atoms with Crippen molar-refractivity contribution in [2.45, 2.75) is 11.3 Å². The molecule has 0 aromatic heterocycles. The van der Waals surface area contributed by atoms with E-state index in [0.29, 0.717) is 11.1 Å². The summed E-state index contributed by atoms with van der Waals surface area (Å²) >= 11 is 0. The second-order valence-electron chi connectivity index (χ2n) is 6.23. The van der Waals surface area contributed by atoms with Crippen molar-refractivity contribution in [1.29, 1.82) is 5.41 Å². The second-order valence-corrected chi connectivity index (χ2v) is 8.00. The van der Waals surface area contributed by atoms with Crippen LogP contribution in [0.15, 0.2) is 47.4 Å². The van der Waals surface area contributed by atoms with Crippen molar-refractivity contribution in [2.24, 2.45) is 5.73 Å². The van der Waals surface area contributed by atoms with Crippen LogP contribution in [0, 0.1) is 5.41 Å². The van der Waals surface area contributed by atoms with Gasteiger partial charge in [-0.25, -0.2) is 22.7 Å². The summed E-state index contributed by atoms with van der Waals surface area (Å²) in [6.07, 6.45) is 0.243. The lowest BCUT2D eigenvalue weighted by Crippen LogP contribution is -2.26. The Balaban J connectivity index is 2.05. The average Bonchev–Trinajstić information content (AvgIpc) is 2.71. The Kier molecular flexibility index (Phi) is 7.94. The van der Waals surface area contributed by atoms with E-state index in [1.165, 1.54) is 36.4 Å². The van der Waals surface area contributed by atoms with Gasteiger partial charge < -0.3 is 25.4 Å². The van der Waals surface area contributed by atoms with Crippen molar-refractivity contribution in [3.63, 3.8) is 0 Å². The van der Waals surface area contributed by atoms with Crippen LogP contribution in [0.25, 0.3) is 0 Å². The summed E-state index contributed by atoms with van der Waals surface area (Å²) in [6, 6.07) is 10.00. The molecule has 0 spiro atoms. The molecular weight excluding hydrogens is 430 g/mol. The largest absolute Gasteiger partial charge is 0.479 e. The summed E-state index contributed by atoms with van der Waals surface area (Å²) in [6.45, 7) is -1.26. The molecule has 12 heteroatoms. The monoisotopic (exact) mass is 451 g/mol. The molecule has 2 rings (SSSR count). The molecule has 2 aromatic rings. The first-order chi connectivity index (χ1) is 14.6. The van der Waals surface area contributed by atoms with Gasteiger partial charge in [0.25, 0.3) is 0 Å². The zero-order chi connectivity index (χ0) is 23.0. The van der Waals surface area contributed by atoms with E-state index in [2.05, 4.69) is 4.72 Å². The number of amidine groups is 1. The number of nitrogen functional groups attached to an aromatic ring is 1. The zero-order valence-electron chi connectivity index (χ0n) is 16.2. The number of carboxylic acid groups (broad SMARTS) is 2. The summed E-state index contributed by atoms with van der Waals surface area (Å²) in [5, 5.41) is 24.8. The molecule has 0 amide bonds. The minimum atomic E-state index is -3.79. The van der Waals surface area contributed by atoms with Crippen molar-refractivity contribution in [1.82, 2.24) is 4.72 Å². The highest BCUT2D eigenvalue weighted by Crippen LogP contribution is 2.28. The van der Waals surface area contributed by atoms with Gasteiger partial charge in [-0.3, -0.25) is 5.41 Å². The van der Waals surface area contributed by atoms with Gasteiger partial charge >= 0.3 is 11.9 Å². The van der Waals surface area contributed by atoms with Crippen LogP contribution in [0.1, 0.15) is 11.1 Å². The maximum Gasteiger partial charge on any atom is 0.341 e. The Morgan fingerprint density at radius 2 is 1.55 bits per heavy atom. The number of nitrogens with two attached hydrogens (primary N) is 1. The van der Waals surface area contributed by atoms with E-state index in [4.69, 9.17) is 30.8 Å². The minimum absolute atomic E-state index is 0.0143. The van der Waals surface area contributed by atoms with Crippen molar-refractivity contribution < 1.29 is 37.7 Å². The van der Waals surface area contributed by atoms with Crippen LogP contribution in [0.4, 0.5) is 0 Å². The Bertz CT molecular complexity index is 1070. The minimum Gasteiger partial charge on any atom is -0.479 e. The molecule has 166 valence electrons. The van der Waals surface area contributed by atoms with Gasteiger partial charge in [-0.1, -0.05) is 6.07 Å². The fraction of sp³-hybridized carbons (Fsp3) is 0.211. The number of ether oxygens (including phenoxy) is 2. The van der Waals surface area contributed by atoms with E-state index < -0.39 is 35.2 Å². The first kappa shape index (κ1) is 23.6. The third-order valence-electron chi connectivity index (χ3n) is 3.89. The van der Waals surface area contributed by atoms with Crippen LogP contribution >= 0.6 is 0 Å². The number of carboxylic acids is 2. The van der Waals surface area contributed by atoms with Gasteiger partial charge in [0.1, 0.15) is 5.84 Å². The second kappa shape index (κ2) is 10.4. The normalized spacial score (nSPS) is 11.0. The molecule has 0 aliphatic rings. The van der Waals surface area contributed by atoms with Gasteiger partial charge in [0.15, 0.2) is 24.7 Å². The fourth-order valence-corrected chi connectivity index (χ4v) is 3.48. The average molecular weight is 451 g/mol. The SMILES string of the molecule is N=C(N)c1ccc(S(=O)(=O)NCCc2ccc(OCC(=O)O)c(OCC(=O)O)c2)cc1. The first-order valence-corrected chi connectivity index (χ1v) is 10.3. The molecule has 0 saturated heterocycles. The molecule has 0 atom stereocenters. The zero-order valence-corrected chi connectivity index (χ0v) is 17.0. The van der Waals surface area contributed by atoms with E-state index in [9.17, 15) is 18.0 Å². The molecule has 0 aliphatic carbocycles. The van der Waals surface area contributed by atoms with Gasteiger partial charge in [-0.2, -0.15) is 0 Å². The molecular formula is C19H21N3O8S. The van der Waals surface area contributed by atoms with E-state index >= 15 is 0 Å². The van der Waals surface area contributed by atoms with E-state index in [0.717, 1.165) is 0 Å². The van der Waals surface area contributed by atoms with Gasteiger partial charge in [-0.05, 0) is 48.4 Å². The molecule has 0 radical (unpaired) electrons. The van der Waals surface area contributed by atoms with Crippen molar-refractivity contribution >= 4 is 27.8 Å². The number of hydrogen-bond acceptors (Lipinski definition) is 7. The number of benzene rings is 2. The standard InChI is InChI=1S/C19H21N3O8S/c20-19(21)13-2-4-14(5-3-13)31(27,28)22-8-7-12-1-6-15(29-10-17(23)24)16(9-12)30-11-18(25)26/h1-6,9,22H,7-8,10-11H2,(H3,20,21)(H,23,24)(H,25,26). The van der Waals surface area contributed by atoms with Crippen molar-refractivity contribution in [3.8, 4) is 11.5 Å². The molecule has 0 aliphatic heterocycles. The van der Waals surface area contributed by atoms with Crippen LogP contribution in [0.5, 0.6) is 11.5 Å². The Labute approximate surface area is 178 Å². The van der Waals surface area contributed by atoms with Crippen LogP contribution in [-0.4, -0.2) is 56.2 Å². The molecule has 0 bridgehead atoms. The van der Waals surface area contributed by atoms with Gasteiger partial charge in [0.05, 0.1) is 4.90 Å². The Morgan fingerprint density at radius 3 is 2.10 bits per heavy atom. The third kappa shape index (κ3) is 7.28. The van der Waals surface area contributed by atoms with Gasteiger partial charge in [0, 0.05) is 12.1 Å². The highest BCUT2D eigenvalue weighted by atomic mass is 32.2. The molecule has 6 N–H and O–H groups in total. The van der Waals surface area contributed by atoms with Gasteiger partial charge in [0.2, 0.25) is 10.0 Å². The van der Waals surface area contributed by atoms with Crippen LogP contribution in [0.3, 0.4) is 0 Å². The highest BCUT2D eigenvalue weighted by Gasteiger charge is 2.15. The first-order valence-electron chi connectivity index (χ1n) is 8.84. The summed E-state index contributed by atoms with van der Waals surface area (Å²) in [5.41, 5.74) is 6.36. The molecule has 31 heavy (non-hydrogen) atoms. The lowest BCUT2D eigenvalue weighted by molar-refractivity contribution is -0.140. The summed E-state index contributed by atoms with van der Waals surface area (Å²) in [7, 11) is -3.79. The molecule has 2 aromatic carbocycles. The van der Waals surface area contributed by atoms with Crippen molar-refractivity contribution in [3.05, 3.63) is 53.6 Å². The van der Waals surface area contributed by atoms with Crippen LogP contribution in [0.2, 0.25) is 0 Å². The van der Waals surface area contributed by atoms with Crippen LogP contribution in [-0.2, 0) is 26.0 Å². The number of carbonyl (C=O) groups is 2. The van der Waals surface area contributed by atoms with Crippen LogP contribution < -0.4 is 19.9 Å². The number of nitrogens with one attached hydrogen (secondary N) is 2. The lowest BCUT2D eigenvalue weighted by atomic mass is 10.1. The predicted molar refractivity (Wildman–Crippen MR) is 109 cm³/mol. The Morgan fingerprint density at radius 1 is 0.968 bits per heavy atom. The van der Waals surface area contributed by atoms with Gasteiger partial charge in [-0.15, -0.1) is 0 Å². The van der Waals surface area contributed by atoms with Crippen molar-refractivity contribution in [2.75, 3.05) is 19.8 Å². The third-order valence-corrected chi connectivity index (χ3v) is 5.37. The lowest BCUT2D eigenvalue weighted by Gasteiger charge is -2.13. The molecule has 0 saturated carbocycles. The van der Waals surface area contributed by atoms with E-state index in [-0.39, 0.29) is 35.2 Å². The number of aliphatic carboxylic acids is 2. The summed E-state index contributed by atoms with van der Waals surface area (Å²) in [5.74, 6) is -2.52. The summed E-state index contributed by atoms with van der Waals surface area (Å²) in [4.78, 5) is 21.4. The summed E-state index contributed by atoms with van der Waals surface area (Å²) < 4.78 is 37.4. The van der Waals surface area contributed by atoms with E-state index in [1.807, 2.05) is 0 Å². The Hall–Kier alpha value is -3.64. The fourth-order valence-electron chi connectivity index (χ4n) is 2.45. The number of sulfonamides is 1. The maximum absolute atomic E-state index is 12.4. The topological polar surface area (TPSA) is 189 Å².